The number of nitrogens with one attached hydrogen (secondary N) is 1. The number of halogens is 7. The lowest BCUT2D eigenvalue weighted by atomic mass is 10.2. The molecule has 4 rings (SSSR count). The summed E-state index contributed by atoms with van der Waals surface area (Å²) in [7, 11) is 0. The van der Waals surface area contributed by atoms with Gasteiger partial charge in [0.25, 0.3) is 22.8 Å². The molecule has 0 atom stereocenters. The first kappa shape index (κ1) is 50.9. The fourth-order valence-corrected chi connectivity index (χ4v) is 5.40. The van der Waals surface area contributed by atoms with Crippen LogP contribution in [0.3, 0.4) is 0 Å². The Morgan fingerprint density at radius 1 is 0.741 bits per heavy atom. The molecule has 0 saturated heterocycles. The van der Waals surface area contributed by atoms with E-state index in [-0.39, 0.29) is 39.6 Å². The number of anilines is 2. The van der Waals surface area contributed by atoms with E-state index in [1.807, 2.05) is 0 Å². The molecular weight excluding hydrogens is 848 g/mol. The number of carbonyl (C=O) groups is 4. The predicted molar refractivity (Wildman–Crippen MR) is 203 cm³/mol. The average Bonchev–Trinajstić information content (AvgIpc) is 3.77. The maximum absolute atomic E-state index is 12.4. The van der Waals surface area contributed by atoms with Gasteiger partial charge >= 0.3 is 24.7 Å². The fraction of sp³-hybridized carbons (Fsp3) is 0.412. The van der Waals surface area contributed by atoms with Gasteiger partial charge in [0.05, 0.1) is 24.3 Å². The molecule has 3 N–H and O–H groups in total. The molecule has 0 saturated carbocycles. The number of benzene rings is 2. The van der Waals surface area contributed by atoms with Gasteiger partial charge in [-0.2, -0.15) is 18.7 Å². The van der Waals surface area contributed by atoms with E-state index in [9.17, 15) is 45.5 Å². The quantitative estimate of drug-likeness (QED) is 0.0783. The Kier molecular flexibility index (Phi) is 21.6. The zero-order valence-corrected chi connectivity index (χ0v) is 34.3. The van der Waals surface area contributed by atoms with Gasteiger partial charge in [0, 0.05) is 35.1 Å². The van der Waals surface area contributed by atoms with Crippen LogP contribution in [0.1, 0.15) is 90.4 Å². The number of amides is 1. The van der Waals surface area contributed by atoms with Crippen molar-refractivity contribution in [2.24, 2.45) is 0 Å². The van der Waals surface area contributed by atoms with Crippen LogP contribution in [-0.4, -0.2) is 91.3 Å². The number of carbonyl (C=O) groups excluding carboxylic acids is 4. The summed E-state index contributed by atoms with van der Waals surface area (Å²) in [5.41, 5.74) is 4.59. The highest BCUT2D eigenvalue weighted by molar-refractivity contribution is 7.10. The minimum absolute atomic E-state index is 0.0364. The maximum Gasteiger partial charge on any atom is 0.573 e. The Balaban J connectivity index is 0.000000421. The number of nitrogens with zero attached hydrogens (tertiary/aromatic N) is 5. The lowest BCUT2D eigenvalue weighted by Gasteiger charge is -2.28. The van der Waals surface area contributed by atoms with Crippen LogP contribution in [-0.2, 0) is 9.47 Å². The molecule has 0 aliphatic heterocycles. The van der Waals surface area contributed by atoms with Crippen LogP contribution in [0.15, 0.2) is 48.5 Å². The highest BCUT2D eigenvalue weighted by Gasteiger charge is 2.33. The molecule has 0 unspecified atom stereocenters. The predicted octanol–water partition coefficient (Wildman–Crippen LogP) is 8.25. The van der Waals surface area contributed by atoms with Gasteiger partial charge in [-0.25, -0.2) is 9.59 Å². The van der Waals surface area contributed by atoms with Crippen LogP contribution in [0.25, 0.3) is 0 Å². The van der Waals surface area contributed by atoms with E-state index >= 15 is 0 Å². The molecule has 1 amide bonds. The van der Waals surface area contributed by atoms with Gasteiger partial charge in [-0.05, 0) is 84.0 Å². The molecule has 0 radical (unpaired) electrons. The second kappa shape index (κ2) is 24.6. The number of nitrogens with two attached hydrogens (primary N) is 1. The lowest BCUT2D eigenvalue weighted by molar-refractivity contribution is -0.275. The molecular formula is C34H40ClF6N7O8S2. The summed E-state index contributed by atoms with van der Waals surface area (Å²) in [6.45, 7) is 16.1. The maximum atomic E-state index is 12.4. The molecule has 320 valence electrons. The minimum atomic E-state index is -4.93. The molecule has 0 aliphatic carbocycles. The van der Waals surface area contributed by atoms with Crippen LogP contribution >= 0.6 is 34.7 Å². The number of nitrogen functional groups attached to an aromatic ring is 1. The molecule has 4 aromatic rings. The van der Waals surface area contributed by atoms with Crippen molar-refractivity contribution in [1.82, 2.24) is 23.6 Å². The number of esters is 2. The molecule has 0 bridgehead atoms. The summed E-state index contributed by atoms with van der Waals surface area (Å²) in [6.07, 6.45) is -9.77. The van der Waals surface area contributed by atoms with E-state index in [0.29, 0.717) is 30.2 Å². The number of para-hydroxylation sites is 2. The summed E-state index contributed by atoms with van der Waals surface area (Å²) >= 11 is 6.71. The number of alkyl halides is 6. The first-order chi connectivity index (χ1) is 27.0. The van der Waals surface area contributed by atoms with Gasteiger partial charge in [0.2, 0.25) is 5.13 Å². The topological polar surface area (TPSA) is 198 Å². The van der Waals surface area contributed by atoms with Crippen molar-refractivity contribution in [2.45, 2.75) is 73.3 Å². The number of aromatic nitrogens is 4. The summed E-state index contributed by atoms with van der Waals surface area (Å²) in [6, 6.07) is 11.1. The molecule has 0 aliphatic rings. The van der Waals surface area contributed by atoms with Crippen LogP contribution in [0.2, 0.25) is 0 Å². The van der Waals surface area contributed by atoms with Gasteiger partial charge < -0.3 is 24.7 Å². The summed E-state index contributed by atoms with van der Waals surface area (Å²) in [5.74, 6) is -3.65. The van der Waals surface area contributed by atoms with E-state index in [4.69, 9.17) is 17.3 Å². The summed E-state index contributed by atoms with van der Waals surface area (Å²) < 4.78 is 96.5. The first-order valence-electron chi connectivity index (χ1n) is 16.8. The molecule has 2 aromatic carbocycles. The van der Waals surface area contributed by atoms with Gasteiger partial charge in [0.1, 0.15) is 11.5 Å². The van der Waals surface area contributed by atoms with Crippen molar-refractivity contribution in [3.05, 3.63) is 71.3 Å². The molecule has 15 nitrogen and oxygen atoms in total. The molecule has 0 fully saturated rings. The van der Waals surface area contributed by atoms with Crippen molar-refractivity contribution in [3.8, 4) is 11.5 Å². The van der Waals surface area contributed by atoms with Crippen molar-refractivity contribution < 1.29 is 64.5 Å². The number of ether oxygens (including phenoxy) is 4. The van der Waals surface area contributed by atoms with Crippen molar-refractivity contribution in [1.29, 1.82) is 0 Å². The number of hydrogen-bond acceptors (Lipinski definition) is 16. The van der Waals surface area contributed by atoms with Gasteiger partial charge in [-0.3, -0.25) is 19.8 Å². The van der Waals surface area contributed by atoms with Crippen LogP contribution < -0.4 is 20.5 Å². The second-order valence-corrected chi connectivity index (χ2v) is 13.0. The first-order valence-corrected chi connectivity index (χ1v) is 18.7. The largest absolute Gasteiger partial charge is 0.573 e. The standard InChI is InChI=1S/C13H10F3N3O4S.C8H4ClF3O2.C8H19N.C5H7N3O2S/c1-2-22-11(21)9-17-12(24-19-9)18-10(20)7-5-3-4-6-8(7)23-13(14,15)16;9-7(13)5-3-1-2-4-6(5)14-8(10,11)12;1-6-9(7(2)3)8(4)5;1-2-10-4(9)3-7-5(6)11-8-3/h3-6H,2H2,1H3,(H,17,18,19,20);1-4H;7-8H,6H2,1-5H3;2H2,1H3,(H2,6,7,8). The third-order valence-electron chi connectivity index (χ3n) is 6.38. The van der Waals surface area contributed by atoms with Crippen molar-refractivity contribution >= 4 is 68.0 Å². The second-order valence-electron chi connectivity index (χ2n) is 11.2. The molecule has 58 heavy (non-hydrogen) atoms. The Morgan fingerprint density at radius 3 is 1.55 bits per heavy atom. The third kappa shape index (κ3) is 19.3. The van der Waals surface area contributed by atoms with E-state index in [0.717, 1.165) is 42.3 Å². The number of hydrogen-bond donors (Lipinski definition) is 2. The Bertz CT molecular complexity index is 1900. The van der Waals surface area contributed by atoms with E-state index in [1.54, 1.807) is 13.8 Å². The molecule has 24 heteroatoms. The van der Waals surface area contributed by atoms with Gasteiger partial charge in [-0.15, -0.1) is 26.3 Å². The van der Waals surface area contributed by atoms with Crippen molar-refractivity contribution in [3.63, 3.8) is 0 Å². The highest BCUT2D eigenvalue weighted by atomic mass is 35.5. The lowest BCUT2D eigenvalue weighted by Crippen LogP contribution is -2.36. The Morgan fingerprint density at radius 2 is 1.17 bits per heavy atom. The monoisotopic (exact) mass is 887 g/mol. The van der Waals surface area contributed by atoms with Crippen LogP contribution in [0.4, 0.5) is 36.6 Å². The summed E-state index contributed by atoms with van der Waals surface area (Å²) in [4.78, 5) is 54.9. The Labute approximate surface area is 342 Å². The summed E-state index contributed by atoms with van der Waals surface area (Å²) in [5, 5.41) is 1.46. The minimum Gasteiger partial charge on any atom is -0.460 e. The SMILES string of the molecule is CCN(C(C)C)C(C)C.CCOC(=O)c1nsc(N)n1.CCOC(=O)c1nsc(NC(=O)c2ccccc2OC(F)(F)F)n1.O=C(Cl)c1ccccc1OC(F)(F)F. The average molecular weight is 888 g/mol. The molecule has 2 heterocycles. The third-order valence-corrected chi connectivity index (χ3v) is 7.75. The van der Waals surface area contributed by atoms with Gasteiger partial charge in [-0.1, -0.05) is 31.2 Å². The number of rotatable bonds is 12. The fourth-order valence-electron chi connectivity index (χ4n) is 4.27. The molecule has 0 spiro atoms. The highest BCUT2D eigenvalue weighted by Crippen LogP contribution is 2.28. The zero-order valence-electron chi connectivity index (χ0n) is 31.9. The van der Waals surface area contributed by atoms with Crippen LogP contribution in [0, 0.1) is 0 Å². The van der Waals surface area contributed by atoms with E-state index < -0.39 is 47.3 Å². The zero-order chi connectivity index (χ0) is 44.2. The molecule has 2 aromatic heterocycles. The van der Waals surface area contributed by atoms with Gasteiger partial charge in [0.15, 0.2) is 5.13 Å². The smallest absolute Gasteiger partial charge is 0.460 e. The Hall–Kier alpha value is -5.13. The van der Waals surface area contributed by atoms with Crippen molar-refractivity contribution in [2.75, 3.05) is 30.8 Å². The van der Waals surface area contributed by atoms with Crippen LogP contribution in [0.5, 0.6) is 11.5 Å². The van der Waals surface area contributed by atoms with E-state index in [1.165, 1.54) is 24.3 Å². The normalized spacial score (nSPS) is 10.9. The van der Waals surface area contributed by atoms with E-state index in [2.05, 4.69) is 82.5 Å².